The van der Waals surface area contributed by atoms with Crippen molar-refractivity contribution in [1.82, 2.24) is 20.2 Å². The van der Waals surface area contributed by atoms with E-state index in [2.05, 4.69) is 20.3 Å². The maximum atomic E-state index is 5.95. The second-order valence-corrected chi connectivity index (χ2v) is 4.84. The Morgan fingerprint density at radius 3 is 2.63 bits per heavy atom. The summed E-state index contributed by atoms with van der Waals surface area (Å²) < 4.78 is 0. The van der Waals surface area contributed by atoms with Crippen molar-refractivity contribution in [3.05, 3.63) is 29.3 Å². The van der Waals surface area contributed by atoms with Crippen LogP contribution in [0.2, 0.25) is 5.02 Å². The van der Waals surface area contributed by atoms with Gasteiger partial charge in [-0.25, -0.2) is 0 Å². The van der Waals surface area contributed by atoms with Crippen molar-refractivity contribution in [3.63, 3.8) is 0 Å². The van der Waals surface area contributed by atoms with E-state index in [4.69, 9.17) is 11.6 Å². The Hall–Kier alpha value is -1.33. The summed E-state index contributed by atoms with van der Waals surface area (Å²) in [5.41, 5.74) is 0.832. The fourth-order valence-electron chi connectivity index (χ4n) is 2.14. The zero-order valence-corrected chi connectivity index (χ0v) is 11.9. The molecule has 0 N–H and O–H groups in total. The van der Waals surface area contributed by atoms with Crippen molar-refractivity contribution < 1.29 is 0 Å². The Morgan fingerprint density at radius 2 is 1.89 bits per heavy atom. The molecule has 5 nitrogen and oxygen atoms in total. The van der Waals surface area contributed by atoms with E-state index in [0.717, 1.165) is 18.8 Å². The van der Waals surface area contributed by atoms with Crippen molar-refractivity contribution in [2.75, 3.05) is 18.0 Å². The number of benzene rings is 1. The number of hydrogen-bond acceptors (Lipinski definition) is 4. The minimum absolute atomic E-state index is 0. The largest absolute Gasteiger partial charge is 0.338 e. The molecule has 1 aliphatic heterocycles. The zero-order chi connectivity index (χ0) is 12.4. The maximum absolute atomic E-state index is 5.95. The number of piperidine rings is 1. The summed E-state index contributed by atoms with van der Waals surface area (Å²) in [6, 6.07) is 7.44. The third-order valence-electron chi connectivity index (χ3n) is 3.08. The minimum atomic E-state index is 0. The van der Waals surface area contributed by atoms with Gasteiger partial charge in [-0.1, -0.05) is 22.8 Å². The second-order valence-electron chi connectivity index (χ2n) is 4.41. The number of tetrazole rings is 1. The van der Waals surface area contributed by atoms with Gasteiger partial charge in [-0.05, 0) is 42.7 Å². The van der Waals surface area contributed by atoms with Gasteiger partial charge in [-0.3, -0.25) is 0 Å². The molecule has 3 rings (SSSR count). The third-order valence-corrected chi connectivity index (χ3v) is 3.32. The standard InChI is InChI=1S/C12H14ClN5.ClH/c13-10-5-4-6-11(9-10)18-15-12(14-16-18)17-7-2-1-3-8-17;/h4-6,9H,1-3,7-8H2;1H. The van der Waals surface area contributed by atoms with Crippen LogP contribution in [-0.2, 0) is 0 Å². The number of hydrogen-bond donors (Lipinski definition) is 0. The summed E-state index contributed by atoms with van der Waals surface area (Å²) in [6.45, 7) is 2.03. The van der Waals surface area contributed by atoms with E-state index in [0.29, 0.717) is 11.0 Å². The smallest absolute Gasteiger partial charge is 0.266 e. The van der Waals surface area contributed by atoms with Crippen molar-refractivity contribution in [2.45, 2.75) is 19.3 Å². The third kappa shape index (κ3) is 3.16. The molecule has 7 heteroatoms. The van der Waals surface area contributed by atoms with Crippen LogP contribution < -0.4 is 4.90 Å². The first kappa shape index (κ1) is 14.1. The van der Waals surface area contributed by atoms with Gasteiger partial charge in [0.1, 0.15) is 0 Å². The molecule has 19 heavy (non-hydrogen) atoms. The van der Waals surface area contributed by atoms with E-state index in [1.807, 2.05) is 24.3 Å². The van der Waals surface area contributed by atoms with E-state index >= 15 is 0 Å². The SMILES string of the molecule is Cl.Clc1cccc(-n2nnc(N3CCCCC3)n2)c1. The molecule has 0 unspecified atom stereocenters. The van der Waals surface area contributed by atoms with Crippen molar-refractivity contribution in [3.8, 4) is 5.69 Å². The second kappa shape index (κ2) is 6.21. The summed E-state index contributed by atoms with van der Waals surface area (Å²) in [7, 11) is 0. The quantitative estimate of drug-likeness (QED) is 0.855. The molecule has 1 fully saturated rings. The van der Waals surface area contributed by atoms with Crippen LogP contribution >= 0.6 is 24.0 Å². The lowest BCUT2D eigenvalue weighted by atomic mass is 10.1. The van der Waals surface area contributed by atoms with Gasteiger partial charge < -0.3 is 4.90 Å². The number of nitrogens with zero attached hydrogens (tertiary/aromatic N) is 5. The first-order valence-corrected chi connectivity index (χ1v) is 6.52. The maximum Gasteiger partial charge on any atom is 0.266 e. The average Bonchev–Trinajstić information content (AvgIpc) is 2.89. The van der Waals surface area contributed by atoms with Crippen LogP contribution in [0.25, 0.3) is 5.69 Å². The molecule has 0 amide bonds. The van der Waals surface area contributed by atoms with Crippen molar-refractivity contribution >= 4 is 30.0 Å². The topological polar surface area (TPSA) is 46.8 Å². The summed E-state index contributed by atoms with van der Waals surface area (Å²) in [5, 5.41) is 13.3. The number of rotatable bonds is 2. The highest BCUT2D eigenvalue weighted by Crippen LogP contribution is 2.17. The molecule has 1 aliphatic rings. The van der Waals surface area contributed by atoms with E-state index in [1.54, 1.807) is 0 Å². The van der Waals surface area contributed by atoms with Gasteiger partial charge in [-0.2, -0.15) is 0 Å². The van der Waals surface area contributed by atoms with Crippen LogP contribution in [0.5, 0.6) is 0 Å². The lowest BCUT2D eigenvalue weighted by Gasteiger charge is -2.24. The molecule has 0 atom stereocenters. The van der Waals surface area contributed by atoms with Gasteiger partial charge >= 0.3 is 0 Å². The molecule has 1 aromatic heterocycles. The fraction of sp³-hybridized carbons (Fsp3) is 0.417. The molecule has 1 aromatic carbocycles. The predicted molar refractivity (Wildman–Crippen MR) is 77.5 cm³/mol. The van der Waals surface area contributed by atoms with Crippen LogP contribution in [-0.4, -0.2) is 33.3 Å². The molecule has 0 bridgehead atoms. The summed E-state index contributed by atoms with van der Waals surface area (Å²) >= 11 is 5.95. The van der Waals surface area contributed by atoms with Crippen LogP contribution in [0.3, 0.4) is 0 Å². The molecular formula is C12H15Cl2N5. The van der Waals surface area contributed by atoms with E-state index in [1.165, 1.54) is 24.1 Å². The van der Waals surface area contributed by atoms with Gasteiger partial charge in [0.25, 0.3) is 5.95 Å². The molecule has 0 radical (unpaired) electrons. The van der Waals surface area contributed by atoms with Gasteiger partial charge in [0.05, 0.1) is 5.69 Å². The van der Waals surface area contributed by atoms with Crippen LogP contribution in [0, 0.1) is 0 Å². The molecule has 0 saturated carbocycles. The molecule has 1 saturated heterocycles. The van der Waals surface area contributed by atoms with Crippen LogP contribution in [0.4, 0.5) is 5.95 Å². The van der Waals surface area contributed by atoms with Crippen LogP contribution in [0.15, 0.2) is 24.3 Å². The van der Waals surface area contributed by atoms with Crippen molar-refractivity contribution in [1.29, 1.82) is 0 Å². The summed E-state index contributed by atoms with van der Waals surface area (Å²) in [5.74, 6) is 0.703. The van der Waals surface area contributed by atoms with E-state index < -0.39 is 0 Å². The Labute approximate surface area is 123 Å². The number of halogens is 2. The predicted octanol–water partition coefficient (Wildman–Crippen LogP) is 2.73. The van der Waals surface area contributed by atoms with Gasteiger partial charge in [0, 0.05) is 18.1 Å². The molecule has 2 heterocycles. The first-order valence-electron chi connectivity index (χ1n) is 6.14. The highest BCUT2D eigenvalue weighted by molar-refractivity contribution is 6.30. The summed E-state index contributed by atoms with van der Waals surface area (Å²) in [4.78, 5) is 3.70. The zero-order valence-electron chi connectivity index (χ0n) is 10.4. The number of aromatic nitrogens is 4. The van der Waals surface area contributed by atoms with E-state index in [-0.39, 0.29) is 12.4 Å². The highest BCUT2D eigenvalue weighted by atomic mass is 35.5. The normalized spacial score (nSPS) is 15.1. The first-order chi connectivity index (χ1) is 8.83. The lowest BCUT2D eigenvalue weighted by Crippen LogP contribution is -2.30. The number of anilines is 1. The molecule has 0 spiro atoms. The summed E-state index contributed by atoms with van der Waals surface area (Å²) in [6.07, 6.45) is 3.69. The Bertz CT molecular complexity index is 536. The highest BCUT2D eigenvalue weighted by Gasteiger charge is 2.15. The molecule has 0 aliphatic carbocycles. The molecule has 2 aromatic rings. The van der Waals surface area contributed by atoms with Gasteiger partial charge in [0.15, 0.2) is 0 Å². The van der Waals surface area contributed by atoms with Crippen molar-refractivity contribution in [2.24, 2.45) is 0 Å². The monoisotopic (exact) mass is 299 g/mol. The Kier molecular flexibility index (Phi) is 4.61. The minimum Gasteiger partial charge on any atom is -0.338 e. The fourth-order valence-corrected chi connectivity index (χ4v) is 2.32. The molecule has 102 valence electrons. The average molecular weight is 300 g/mol. The van der Waals surface area contributed by atoms with Crippen LogP contribution in [0.1, 0.15) is 19.3 Å². The Balaban J connectivity index is 0.00000133. The van der Waals surface area contributed by atoms with Gasteiger partial charge in [-0.15, -0.1) is 22.3 Å². The Morgan fingerprint density at radius 1 is 1.11 bits per heavy atom. The van der Waals surface area contributed by atoms with E-state index in [9.17, 15) is 0 Å². The molecular weight excluding hydrogens is 285 g/mol. The lowest BCUT2D eigenvalue weighted by molar-refractivity contribution is 0.568. The van der Waals surface area contributed by atoms with Gasteiger partial charge in [0.2, 0.25) is 0 Å².